The number of ether oxygens (including phenoxy) is 3. The van der Waals surface area contributed by atoms with Crippen molar-refractivity contribution in [2.45, 2.75) is 32.8 Å². The SMILES string of the molecule is C1=COCC1.CCOc1ccccc1C(=O)CCc1coc(-c2cccc(OC(F)F)c2)n1. The molecule has 1 aliphatic heterocycles. The predicted molar refractivity (Wildman–Crippen MR) is 119 cm³/mol. The summed E-state index contributed by atoms with van der Waals surface area (Å²) in [6, 6.07) is 13.2. The maximum atomic E-state index is 12.5. The molecule has 6 nitrogen and oxygen atoms in total. The van der Waals surface area contributed by atoms with Gasteiger partial charge in [-0.15, -0.1) is 0 Å². The van der Waals surface area contributed by atoms with E-state index in [0.717, 1.165) is 13.0 Å². The maximum Gasteiger partial charge on any atom is 0.387 e. The molecule has 33 heavy (non-hydrogen) atoms. The molecular weight excluding hydrogens is 432 g/mol. The molecule has 0 fully saturated rings. The average molecular weight is 457 g/mol. The van der Waals surface area contributed by atoms with Crippen LogP contribution in [0, 0.1) is 0 Å². The number of para-hydroxylation sites is 1. The molecule has 0 unspecified atom stereocenters. The van der Waals surface area contributed by atoms with Gasteiger partial charge in [0, 0.05) is 24.8 Å². The molecule has 0 N–H and O–H groups in total. The normalized spacial score (nSPS) is 12.1. The number of carbonyl (C=O) groups is 1. The number of aromatic nitrogens is 1. The van der Waals surface area contributed by atoms with Crippen molar-refractivity contribution in [3.8, 4) is 23.0 Å². The molecule has 0 amide bonds. The fraction of sp³-hybridized carbons (Fsp3) is 0.280. The number of rotatable bonds is 9. The highest BCUT2D eigenvalue weighted by Gasteiger charge is 2.14. The highest BCUT2D eigenvalue weighted by Crippen LogP contribution is 2.25. The number of Topliss-reactive ketones (excluding diaryl/α,β-unsaturated/α-hetero) is 1. The van der Waals surface area contributed by atoms with E-state index in [4.69, 9.17) is 13.9 Å². The zero-order chi connectivity index (χ0) is 23.5. The molecule has 4 rings (SSSR count). The zero-order valence-electron chi connectivity index (χ0n) is 18.2. The van der Waals surface area contributed by atoms with Gasteiger partial charge in [-0.25, -0.2) is 4.98 Å². The molecule has 0 saturated heterocycles. The largest absolute Gasteiger partial charge is 0.501 e. The monoisotopic (exact) mass is 457 g/mol. The number of oxazole rings is 1. The molecular formula is C25H25F2NO5. The Morgan fingerprint density at radius 3 is 2.73 bits per heavy atom. The molecule has 8 heteroatoms. The third-order valence-corrected chi connectivity index (χ3v) is 4.55. The molecule has 1 aliphatic rings. The number of carbonyl (C=O) groups excluding carboxylic acids is 1. The van der Waals surface area contributed by atoms with Gasteiger partial charge in [-0.05, 0) is 43.3 Å². The number of halogens is 2. The lowest BCUT2D eigenvalue weighted by molar-refractivity contribution is -0.0498. The van der Waals surface area contributed by atoms with Crippen molar-refractivity contribution >= 4 is 5.78 Å². The summed E-state index contributed by atoms with van der Waals surface area (Å²) in [5.74, 6) is 0.805. The topological polar surface area (TPSA) is 70.8 Å². The second kappa shape index (κ2) is 12.4. The number of ketones is 1. The summed E-state index contributed by atoms with van der Waals surface area (Å²) in [5.41, 5.74) is 1.64. The van der Waals surface area contributed by atoms with E-state index < -0.39 is 6.61 Å². The molecule has 0 aliphatic carbocycles. The third kappa shape index (κ3) is 7.45. The summed E-state index contributed by atoms with van der Waals surface area (Å²) in [4.78, 5) is 16.8. The van der Waals surface area contributed by atoms with Gasteiger partial charge in [0.25, 0.3) is 0 Å². The summed E-state index contributed by atoms with van der Waals surface area (Å²) >= 11 is 0. The van der Waals surface area contributed by atoms with E-state index in [2.05, 4.69) is 9.72 Å². The first-order valence-electron chi connectivity index (χ1n) is 10.6. The lowest BCUT2D eigenvalue weighted by Crippen LogP contribution is -2.05. The number of aryl methyl sites for hydroxylation is 1. The van der Waals surface area contributed by atoms with Crippen LogP contribution in [0.4, 0.5) is 8.78 Å². The molecule has 2 heterocycles. The summed E-state index contributed by atoms with van der Waals surface area (Å²) in [5, 5.41) is 0. The zero-order valence-corrected chi connectivity index (χ0v) is 18.2. The number of alkyl halides is 2. The molecule has 2 aromatic carbocycles. The van der Waals surface area contributed by atoms with Crippen LogP contribution in [0.3, 0.4) is 0 Å². The summed E-state index contributed by atoms with van der Waals surface area (Å²) in [6.07, 6.45) is 6.93. The molecule has 174 valence electrons. The van der Waals surface area contributed by atoms with E-state index in [9.17, 15) is 13.6 Å². The minimum Gasteiger partial charge on any atom is -0.501 e. The minimum absolute atomic E-state index is 0.0231. The number of hydrogen-bond donors (Lipinski definition) is 0. The Morgan fingerprint density at radius 1 is 1.18 bits per heavy atom. The highest BCUT2D eigenvalue weighted by atomic mass is 19.3. The van der Waals surface area contributed by atoms with Crippen LogP contribution in [-0.4, -0.2) is 30.6 Å². The lowest BCUT2D eigenvalue weighted by Gasteiger charge is -2.08. The first-order valence-corrected chi connectivity index (χ1v) is 10.6. The van der Waals surface area contributed by atoms with E-state index in [1.54, 1.807) is 36.6 Å². The molecule has 3 aromatic rings. The van der Waals surface area contributed by atoms with Gasteiger partial charge in [0.1, 0.15) is 17.8 Å². The Morgan fingerprint density at radius 2 is 2.03 bits per heavy atom. The highest BCUT2D eigenvalue weighted by molar-refractivity contribution is 5.98. The Labute approximate surface area is 190 Å². The van der Waals surface area contributed by atoms with E-state index in [0.29, 0.717) is 35.6 Å². The van der Waals surface area contributed by atoms with Crippen molar-refractivity contribution in [1.82, 2.24) is 4.98 Å². The number of hydrogen-bond acceptors (Lipinski definition) is 6. The van der Waals surface area contributed by atoms with Gasteiger partial charge in [-0.1, -0.05) is 18.2 Å². The van der Waals surface area contributed by atoms with Crippen LogP contribution in [-0.2, 0) is 11.2 Å². The standard InChI is InChI=1S/C21H19F2NO4.C4H6O/c1-2-26-19-9-4-3-8-17(19)18(25)11-10-15-13-27-20(24-15)14-6-5-7-16(12-14)28-21(22)23;1-2-4-5-3-1/h3-9,12-13,21H,2,10-11H2,1H3;1,3H,2,4H2. The summed E-state index contributed by atoms with van der Waals surface area (Å²) in [6.45, 7) is 0.325. The first kappa shape index (κ1) is 24.0. The van der Waals surface area contributed by atoms with Crippen molar-refractivity contribution in [2.24, 2.45) is 0 Å². The lowest BCUT2D eigenvalue weighted by atomic mass is 10.0. The minimum atomic E-state index is -2.90. The Bertz CT molecular complexity index is 1060. The van der Waals surface area contributed by atoms with Crippen molar-refractivity contribution < 1.29 is 32.2 Å². The maximum absolute atomic E-state index is 12.5. The Balaban J connectivity index is 0.000000541. The van der Waals surface area contributed by atoms with Gasteiger partial charge in [0.15, 0.2) is 5.78 Å². The second-order valence-electron chi connectivity index (χ2n) is 6.93. The Kier molecular flexibility index (Phi) is 8.99. The van der Waals surface area contributed by atoms with E-state index in [1.807, 2.05) is 19.1 Å². The van der Waals surface area contributed by atoms with E-state index in [1.165, 1.54) is 18.4 Å². The van der Waals surface area contributed by atoms with Crippen LogP contribution < -0.4 is 9.47 Å². The first-order chi connectivity index (χ1) is 16.1. The van der Waals surface area contributed by atoms with Gasteiger partial charge in [0.2, 0.25) is 5.89 Å². The van der Waals surface area contributed by atoms with E-state index in [-0.39, 0.29) is 23.8 Å². The molecule has 0 saturated carbocycles. The number of nitrogens with zero attached hydrogens (tertiary/aromatic N) is 1. The van der Waals surface area contributed by atoms with Crippen molar-refractivity contribution in [1.29, 1.82) is 0 Å². The summed E-state index contributed by atoms with van der Waals surface area (Å²) < 4.78 is 44.8. The van der Waals surface area contributed by atoms with E-state index >= 15 is 0 Å². The van der Waals surface area contributed by atoms with Crippen molar-refractivity contribution in [3.63, 3.8) is 0 Å². The number of benzene rings is 2. The fourth-order valence-corrected chi connectivity index (χ4v) is 3.05. The summed E-state index contributed by atoms with van der Waals surface area (Å²) in [7, 11) is 0. The smallest absolute Gasteiger partial charge is 0.387 e. The third-order valence-electron chi connectivity index (χ3n) is 4.55. The van der Waals surface area contributed by atoms with Crippen LogP contribution >= 0.6 is 0 Å². The van der Waals surface area contributed by atoms with Gasteiger partial charge in [-0.2, -0.15) is 8.78 Å². The van der Waals surface area contributed by atoms with Gasteiger partial charge in [-0.3, -0.25) is 4.79 Å². The van der Waals surface area contributed by atoms with Gasteiger partial charge in [0.05, 0.1) is 30.7 Å². The average Bonchev–Trinajstić information content (AvgIpc) is 3.53. The van der Waals surface area contributed by atoms with Crippen LogP contribution in [0.2, 0.25) is 0 Å². The van der Waals surface area contributed by atoms with Gasteiger partial charge < -0.3 is 18.6 Å². The molecule has 1 aromatic heterocycles. The molecule has 0 bridgehead atoms. The van der Waals surface area contributed by atoms with Gasteiger partial charge >= 0.3 is 6.61 Å². The quantitative estimate of drug-likeness (QED) is 0.363. The van der Waals surface area contributed by atoms with Crippen LogP contribution in [0.15, 0.2) is 71.5 Å². The Hall–Kier alpha value is -3.68. The molecule has 0 spiro atoms. The van der Waals surface area contributed by atoms with Crippen molar-refractivity contribution in [3.05, 3.63) is 78.4 Å². The molecule has 0 radical (unpaired) electrons. The second-order valence-corrected chi connectivity index (χ2v) is 6.93. The molecule has 0 atom stereocenters. The fourth-order valence-electron chi connectivity index (χ4n) is 3.05. The predicted octanol–water partition coefficient (Wildman–Crippen LogP) is 6.08. The van der Waals surface area contributed by atoms with Crippen LogP contribution in [0.1, 0.15) is 35.8 Å². The van der Waals surface area contributed by atoms with Crippen LogP contribution in [0.25, 0.3) is 11.5 Å². The van der Waals surface area contributed by atoms with Crippen LogP contribution in [0.5, 0.6) is 11.5 Å². The van der Waals surface area contributed by atoms with Crippen molar-refractivity contribution in [2.75, 3.05) is 13.2 Å².